The molecule has 0 saturated heterocycles. The predicted molar refractivity (Wildman–Crippen MR) is 70.7 cm³/mol. The van der Waals surface area contributed by atoms with Crippen molar-refractivity contribution in [3.63, 3.8) is 0 Å². The minimum absolute atomic E-state index is 0.00764. The van der Waals surface area contributed by atoms with E-state index in [0.29, 0.717) is 0 Å². The molecule has 1 atom stereocenters. The predicted octanol–water partition coefficient (Wildman–Crippen LogP) is 3.13. The fourth-order valence-electron chi connectivity index (χ4n) is 1.75. The van der Waals surface area contributed by atoms with Gasteiger partial charge in [-0.15, -0.1) is 0 Å². The number of halogens is 1. The van der Waals surface area contributed by atoms with Gasteiger partial charge in [-0.25, -0.2) is 0 Å². The van der Waals surface area contributed by atoms with Gasteiger partial charge in [-0.3, -0.25) is 4.79 Å². The Labute approximate surface area is 106 Å². The van der Waals surface area contributed by atoms with Crippen LogP contribution in [0.4, 0.5) is 0 Å². The van der Waals surface area contributed by atoms with Gasteiger partial charge in [0.25, 0.3) is 0 Å². The number of hydrogen-bond donors (Lipinski definition) is 1. The fourth-order valence-corrected chi connectivity index (χ4v) is 1.86. The lowest BCUT2D eigenvalue weighted by Crippen LogP contribution is -2.44. The fraction of sp³-hybridized carbons (Fsp3) is 0.462. The highest BCUT2D eigenvalue weighted by atomic mass is 79.9. The molecule has 3 heteroatoms. The molecule has 0 radical (unpaired) electrons. The first kappa shape index (κ1) is 13.2. The second-order valence-corrected chi connectivity index (χ2v) is 5.92. The summed E-state index contributed by atoms with van der Waals surface area (Å²) in [5.74, 6) is 0.00764. The van der Waals surface area contributed by atoms with Gasteiger partial charge >= 0.3 is 0 Å². The van der Waals surface area contributed by atoms with Gasteiger partial charge in [0.05, 0.1) is 10.4 Å². The lowest BCUT2D eigenvalue weighted by Gasteiger charge is -2.29. The number of amides is 1. The molecule has 0 aliphatic heterocycles. The van der Waals surface area contributed by atoms with E-state index in [-0.39, 0.29) is 16.3 Å². The zero-order chi connectivity index (χ0) is 12.3. The first-order valence-corrected chi connectivity index (χ1v) is 6.28. The summed E-state index contributed by atoms with van der Waals surface area (Å²) in [5, 5.41) is 3.03. The Morgan fingerprint density at radius 1 is 1.38 bits per heavy atom. The molecule has 1 N–H and O–H groups in total. The highest BCUT2D eigenvalue weighted by Crippen LogP contribution is 2.23. The van der Waals surface area contributed by atoms with Gasteiger partial charge in [-0.05, 0) is 38.8 Å². The van der Waals surface area contributed by atoms with Crippen molar-refractivity contribution in [3.05, 3.63) is 35.4 Å². The number of carbonyl (C=O) groups excluding carboxylic acids is 1. The van der Waals surface area contributed by atoms with Gasteiger partial charge in [0.15, 0.2) is 0 Å². The number of aryl methyl sites for hydroxylation is 1. The van der Waals surface area contributed by atoms with Crippen molar-refractivity contribution in [2.24, 2.45) is 0 Å². The maximum atomic E-state index is 11.7. The van der Waals surface area contributed by atoms with Crippen molar-refractivity contribution in [2.45, 2.75) is 38.1 Å². The van der Waals surface area contributed by atoms with Gasteiger partial charge in [0.2, 0.25) is 5.91 Å². The first-order chi connectivity index (χ1) is 7.34. The van der Waals surface area contributed by atoms with E-state index in [0.717, 1.165) is 5.56 Å². The molecule has 1 amide bonds. The summed E-state index contributed by atoms with van der Waals surface area (Å²) >= 11 is 3.27. The van der Waals surface area contributed by atoms with Crippen LogP contribution in [0.15, 0.2) is 24.3 Å². The number of alkyl halides is 1. The molecule has 1 aromatic carbocycles. The Morgan fingerprint density at radius 2 is 1.94 bits per heavy atom. The van der Waals surface area contributed by atoms with E-state index in [1.54, 1.807) is 0 Å². The molecule has 1 aromatic rings. The van der Waals surface area contributed by atoms with E-state index in [4.69, 9.17) is 0 Å². The normalized spacial score (nSPS) is 13.3. The summed E-state index contributed by atoms with van der Waals surface area (Å²) in [4.78, 5) is 11.5. The molecule has 0 bridgehead atoms. The molecular formula is C13H18BrNO. The third-order valence-corrected chi connectivity index (χ3v) is 3.03. The van der Waals surface area contributed by atoms with Crippen LogP contribution in [0.2, 0.25) is 0 Å². The van der Waals surface area contributed by atoms with Crippen LogP contribution in [0.25, 0.3) is 0 Å². The van der Waals surface area contributed by atoms with Gasteiger partial charge in [0, 0.05) is 0 Å². The van der Waals surface area contributed by atoms with Gasteiger partial charge in [-0.2, -0.15) is 0 Å². The van der Waals surface area contributed by atoms with Crippen LogP contribution in [-0.4, -0.2) is 10.7 Å². The van der Waals surface area contributed by atoms with Crippen molar-refractivity contribution in [2.75, 3.05) is 0 Å². The Bertz CT molecular complexity index is 385. The van der Waals surface area contributed by atoms with E-state index < -0.39 is 0 Å². The quantitative estimate of drug-likeness (QED) is 0.849. The van der Waals surface area contributed by atoms with E-state index in [1.807, 2.05) is 32.9 Å². The summed E-state index contributed by atoms with van der Waals surface area (Å²) in [6, 6.07) is 8.10. The molecule has 16 heavy (non-hydrogen) atoms. The molecule has 0 aromatic heterocycles. The Kier molecular flexibility index (Phi) is 4.14. The summed E-state index contributed by atoms with van der Waals surface area (Å²) in [7, 11) is 0. The standard InChI is InChI=1S/C13H18BrNO/c1-9-7-5-6-8-11(9)13(3,4)15-12(16)10(2)14/h5-8,10H,1-4H3,(H,15,16). The molecule has 0 heterocycles. The zero-order valence-corrected chi connectivity index (χ0v) is 11.8. The number of hydrogen-bond acceptors (Lipinski definition) is 1. The van der Waals surface area contributed by atoms with Crippen LogP contribution < -0.4 is 5.32 Å². The van der Waals surface area contributed by atoms with E-state index in [1.165, 1.54) is 5.56 Å². The Hall–Kier alpha value is -0.830. The smallest absolute Gasteiger partial charge is 0.234 e. The molecule has 1 rings (SSSR count). The summed E-state index contributed by atoms with van der Waals surface area (Å²) < 4.78 is 0. The maximum absolute atomic E-state index is 11.7. The number of rotatable bonds is 3. The molecular weight excluding hydrogens is 266 g/mol. The highest BCUT2D eigenvalue weighted by Gasteiger charge is 2.25. The number of nitrogens with one attached hydrogen (secondary N) is 1. The topological polar surface area (TPSA) is 29.1 Å². The lowest BCUT2D eigenvalue weighted by molar-refractivity contribution is -0.121. The van der Waals surface area contributed by atoms with Crippen LogP contribution in [-0.2, 0) is 10.3 Å². The summed E-state index contributed by atoms with van der Waals surface area (Å²) in [5.41, 5.74) is 2.00. The Balaban J connectivity index is 2.94. The molecule has 1 unspecified atom stereocenters. The second kappa shape index (κ2) is 5.00. The number of carbonyl (C=O) groups is 1. The average Bonchev–Trinajstić information content (AvgIpc) is 2.17. The van der Waals surface area contributed by atoms with Crippen molar-refractivity contribution in [1.29, 1.82) is 0 Å². The maximum Gasteiger partial charge on any atom is 0.234 e. The van der Waals surface area contributed by atoms with E-state index in [2.05, 4.69) is 40.3 Å². The van der Waals surface area contributed by atoms with Crippen molar-refractivity contribution < 1.29 is 4.79 Å². The van der Waals surface area contributed by atoms with Crippen LogP contribution >= 0.6 is 15.9 Å². The van der Waals surface area contributed by atoms with Gasteiger partial charge in [0.1, 0.15) is 0 Å². The molecule has 0 aliphatic carbocycles. The third-order valence-electron chi connectivity index (χ3n) is 2.62. The van der Waals surface area contributed by atoms with Crippen LogP contribution in [0, 0.1) is 6.92 Å². The van der Waals surface area contributed by atoms with Crippen LogP contribution in [0.1, 0.15) is 31.9 Å². The van der Waals surface area contributed by atoms with E-state index in [9.17, 15) is 4.79 Å². The largest absolute Gasteiger partial charge is 0.346 e. The van der Waals surface area contributed by atoms with Crippen LogP contribution in [0.5, 0.6) is 0 Å². The lowest BCUT2D eigenvalue weighted by atomic mass is 9.90. The molecule has 2 nitrogen and oxygen atoms in total. The first-order valence-electron chi connectivity index (χ1n) is 5.37. The molecule has 0 saturated carbocycles. The Morgan fingerprint density at radius 3 is 2.44 bits per heavy atom. The van der Waals surface area contributed by atoms with Crippen LogP contribution in [0.3, 0.4) is 0 Å². The number of benzene rings is 1. The molecule has 0 fully saturated rings. The van der Waals surface area contributed by atoms with Gasteiger partial charge in [-0.1, -0.05) is 40.2 Å². The third kappa shape index (κ3) is 3.08. The van der Waals surface area contributed by atoms with E-state index >= 15 is 0 Å². The minimum Gasteiger partial charge on any atom is -0.346 e. The van der Waals surface area contributed by atoms with Crippen molar-refractivity contribution in [1.82, 2.24) is 5.32 Å². The van der Waals surface area contributed by atoms with Gasteiger partial charge < -0.3 is 5.32 Å². The summed E-state index contributed by atoms with van der Waals surface area (Å²) in [6.07, 6.45) is 0. The zero-order valence-electron chi connectivity index (χ0n) is 10.2. The van der Waals surface area contributed by atoms with Crippen molar-refractivity contribution in [3.8, 4) is 0 Å². The summed E-state index contributed by atoms with van der Waals surface area (Å²) in [6.45, 7) is 7.91. The molecule has 0 spiro atoms. The highest BCUT2D eigenvalue weighted by molar-refractivity contribution is 9.10. The minimum atomic E-state index is -0.343. The molecule has 88 valence electrons. The SMILES string of the molecule is Cc1ccccc1C(C)(C)NC(=O)C(C)Br. The average molecular weight is 284 g/mol. The van der Waals surface area contributed by atoms with Crippen molar-refractivity contribution >= 4 is 21.8 Å². The second-order valence-electron chi connectivity index (χ2n) is 4.55. The molecule has 0 aliphatic rings. The monoisotopic (exact) mass is 283 g/mol.